The van der Waals surface area contributed by atoms with Gasteiger partial charge in [0.2, 0.25) is 0 Å². The molecule has 2 aromatic rings. The van der Waals surface area contributed by atoms with Gasteiger partial charge in [-0.3, -0.25) is 4.79 Å². The van der Waals surface area contributed by atoms with Crippen molar-refractivity contribution in [3.05, 3.63) is 69.7 Å². The average molecular weight is 407 g/mol. The summed E-state index contributed by atoms with van der Waals surface area (Å²) in [7, 11) is 2.10. The number of hydrogen-bond donors (Lipinski definition) is 1. The van der Waals surface area contributed by atoms with Crippen LogP contribution in [0.3, 0.4) is 0 Å². The smallest absolute Gasteiger partial charge is 0.253 e. The summed E-state index contributed by atoms with van der Waals surface area (Å²) in [4.78, 5) is 15.2. The SMILES string of the molecule is CCC(C)CN(C)C(C)C(NC(=O)c1cccc(Cl)c1Cl)c1ccccc1. The van der Waals surface area contributed by atoms with Crippen molar-refractivity contribution in [3.63, 3.8) is 0 Å². The van der Waals surface area contributed by atoms with Crippen LogP contribution in [0.4, 0.5) is 0 Å². The summed E-state index contributed by atoms with van der Waals surface area (Å²) in [6.45, 7) is 7.54. The zero-order chi connectivity index (χ0) is 20.0. The maximum Gasteiger partial charge on any atom is 0.253 e. The van der Waals surface area contributed by atoms with Crippen molar-refractivity contribution in [2.45, 2.75) is 39.3 Å². The second kappa shape index (κ2) is 10.1. The Morgan fingerprint density at radius 1 is 1.07 bits per heavy atom. The van der Waals surface area contributed by atoms with Crippen molar-refractivity contribution in [2.75, 3.05) is 13.6 Å². The van der Waals surface area contributed by atoms with Gasteiger partial charge in [-0.05, 0) is 37.6 Å². The van der Waals surface area contributed by atoms with E-state index in [4.69, 9.17) is 23.2 Å². The van der Waals surface area contributed by atoms with E-state index >= 15 is 0 Å². The summed E-state index contributed by atoms with van der Waals surface area (Å²) in [5, 5.41) is 3.82. The number of hydrogen-bond acceptors (Lipinski definition) is 2. The van der Waals surface area contributed by atoms with Gasteiger partial charge in [0.1, 0.15) is 0 Å². The molecule has 3 unspecified atom stereocenters. The molecule has 2 aromatic carbocycles. The molecule has 1 amide bonds. The van der Waals surface area contributed by atoms with Crippen LogP contribution in [-0.4, -0.2) is 30.4 Å². The van der Waals surface area contributed by atoms with E-state index in [1.54, 1.807) is 18.2 Å². The van der Waals surface area contributed by atoms with Gasteiger partial charge in [-0.15, -0.1) is 0 Å². The lowest BCUT2D eigenvalue weighted by molar-refractivity contribution is 0.0900. The predicted octanol–water partition coefficient (Wildman–Crippen LogP) is 5.83. The number of amides is 1. The molecule has 0 heterocycles. The highest BCUT2D eigenvalue weighted by Crippen LogP contribution is 2.27. The lowest BCUT2D eigenvalue weighted by Gasteiger charge is -2.34. The van der Waals surface area contributed by atoms with Crippen LogP contribution in [0.2, 0.25) is 10.0 Å². The standard InChI is InChI=1S/C22H28Cl2N2O/c1-5-15(2)14-26(4)16(3)21(17-10-7-6-8-11-17)25-22(27)18-12-9-13-19(23)20(18)24/h6-13,15-16,21H,5,14H2,1-4H3,(H,25,27). The van der Waals surface area contributed by atoms with E-state index in [1.807, 2.05) is 30.3 Å². The number of carbonyl (C=O) groups is 1. The summed E-state index contributed by atoms with van der Waals surface area (Å²) in [5.41, 5.74) is 1.45. The number of rotatable bonds is 8. The van der Waals surface area contributed by atoms with Gasteiger partial charge in [0.25, 0.3) is 5.91 Å². The highest BCUT2D eigenvalue weighted by molar-refractivity contribution is 6.43. The third kappa shape index (κ3) is 5.71. The zero-order valence-electron chi connectivity index (χ0n) is 16.4. The second-order valence-corrected chi connectivity index (χ2v) is 7.94. The molecule has 0 fully saturated rings. The van der Waals surface area contributed by atoms with Crippen LogP contribution in [0.25, 0.3) is 0 Å². The highest BCUT2D eigenvalue weighted by atomic mass is 35.5. The first-order valence-corrected chi connectivity index (χ1v) is 10.1. The minimum absolute atomic E-state index is 0.114. The zero-order valence-corrected chi connectivity index (χ0v) is 17.9. The van der Waals surface area contributed by atoms with E-state index in [0.29, 0.717) is 16.5 Å². The minimum atomic E-state index is -0.222. The van der Waals surface area contributed by atoms with Crippen LogP contribution in [0.5, 0.6) is 0 Å². The summed E-state index contributed by atoms with van der Waals surface area (Å²) < 4.78 is 0. The Kier molecular flexibility index (Phi) is 8.15. The lowest BCUT2D eigenvalue weighted by Crippen LogP contribution is -2.44. The van der Waals surface area contributed by atoms with Gasteiger partial charge in [0.05, 0.1) is 21.7 Å². The summed E-state index contributed by atoms with van der Waals surface area (Å²) in [6.07, 6.45) is 1.12. The maximum atomic E-state index is 12.9. The van der Waals surface area contributed by atoms with Crippen LogP contribution in [0.15, 0.2) is 48.5 Å². The predicted molar refractivity (Wildman–Crippen MR) is 115 cm³/mol. The normalized spacial score (nSPS) is 14.6. The van der Waals surface area contributed by atoms with Crippen molar-refractivity contribution >= 4 is 29.1 Å². The number of halogens is 2. The molecular weight excluding hydrogens is 379 g/mol. The Labute approximate surface area is 172 Å². The fourth-order valence-electron chi connectivity index (χ4n) is 3.08. The average Bonchev–Trinajstić information content (AvgIpc) is 2.67. The molecule has 0 radical (unpaired) electrons. The molecule has 146 valence electrons. The Morgan fingerprint density at radius 2 is 1.74 bits per heavy atom. The van der Waals surface area contributed by atoms with Gasteiger partial charge in [0, 0.05) is 12.6 Å². The molecule has 0 spiro atoms. The van der Waals surface area contributed by atoms with Crippen molar-refractivity contribution in [3.8, 4) is 0 Å². The Bertz CT molecular complexity index is 751. The van der Waals surface area contributed by atoms with Crippen LogP contribution < -0.4 is 5.32 Å². The first-order valence-electron chi connectivity index (χ1n) is 9.35. The first kappa shape index (κ1) is 21.7. The van der Waals surface area contributed by atoms with E-state index in [2.05, 4.69) is 38.0 Å². The molecule has 0 saturated heterocycles. The van der Waals surface area contributed by atoms with Crippen LogP contribution in [0, 0.1) is 5.92 Å². The Hall–Kier alpha value is -1.55. The van der Waals surface area contributed by atoms with Gasteiger partial charge >= 0.3 is 0 Å². The number of likely N-dealkylation sites (N-methyl/N-ethyl adjacent to an activating group) is 1. The van der Waals surface area contributed by atoms with Crippen molar-refractivity contribution in [2.24, 2.45) is 5.92 Å². The topological polar surface area (TPSA) is 32.3 Å². The largest absolute Gasteiger partial charge is 0.344 e. The molecule has 5 heteroatoms. The van der Waals surface area contributed by atoms with Crippen LogP contribution in [-0.2, 0) is 0 Å². The third-order valence-electron chi connectivity index (χ3n) is 5.12. The molecule has 1 N–H and O–H groups in total. The highest BCUT2D eigenvalue weighted by Gasteiger charge is 2.26. The molecule has 3 atom stereocenters. The number of nitrogens with zero attached hydrogens (tertiary/aromatic N) is 1. The van der Waals surface area contributed by atoms with Gasteiger partial charge < -0.3 is 10.2 Å². The van der Waals surface area contributed by atoms with Gasteiger partial charge in [-0.2, -0.15) is 0 Å². The fourth-order valence-corrected chi connectivity index (χ4v) is 3.47. The van der Waals surface area contributed by atoms with Crippen LogP contribution >= 0.6 is 23.2 Å². The number of carbonyl (C=O) groups excluding carboxylic acids is 1. The van der Waals surface area contributed by atoms with E-state index in [0.717, 1.165) is 18.5 Å². The molecule has 0 bridgehead atoms. The number of benzene rings is 2. The Balaban J connectivity index is 2.28. The van der Waals surface area contributed by atoms with Crippen molar-refractivity contribution in [1.82, 2.24) is 10.2 Å². The molecule has 3 nitrogen and oxygen atoms in total. The monoisotopic (exact) mass is 406 g/mol. The van der Waals surface area contributed by atoms with E-state index in [1.165, 1.54) is 0 Å². The van der Waals surface area contributed by atoms with E-state index in [-0.39, 0.29) is 23.0 Å². The molecule has 0 aliphatic carbocycles. The molecule has 2 rings (SSSR count). The molecule has 27 heavy (non-hydrogen) atoms. The van der Waals surface area contributed by atoms with E-state index in [9.17, 15) is 4.79 Å². The molecule has 0 saturated carbocycles. The van der Waals surface area contributed by atoms with Crippen LogP contribution in [0.1, 0.15) is 49.2 Å². The van der Waals surface area contributed by atoms with Gasteiger partial charge in [-0.25, -0.2) is 0 Å². The molecule has 0 aromatic heterocycles. The second-order valence-electron chi connectivity index (χ2n) is 7.16. The van der Waals surface area contributed by atoms with Crippen molar-refractivity contribution in [1.29, 1.82) is 0 Å². The summed E-state index contributed by atoms with van der Waals surface area (Å²) in [5.74, 6) is 0.368. The third-order valence-corrected chi connectivity index (χ3v) is 5.93. The Morgan fingerprint density at radius 3 is 2.37 bits per heavy atom. The summed E-state index contributed by atoms with van der Waals surface area (Å²) in [6, 6.07) is 15.1. The number of nitrogens with one attached hydrogen (secondary N) is 1. The quantitative estimate of drug-likeness (QED) is 0.597. The molecule has 0 aliphatic heterocycles. The summed E-state index contributed by atoms with van der Waals surface area (Å²) >= 11 is 12.3. The van der Waals surface area contributed by atoms with Crippen molar-refractivity contribution < 1.29 is 4.79 Å². The minimum Gasteiger partial charge on any atom is -0.344 e. The lowest BCUT2D eigenvalue weighted by atomic mass is 9.97. The fraction of sp³-hybridized carbons (Fsp3) is 0.409. The van der Waals surface area contributed by atoms with Gasteiger partial charge in [0.15, 0.2) is 0 Å². The van der Waals surface area contributed by atoms with Gasteiger partial charge in [-0.1, -0.05) is 79.9 Å². The van der Waals surface area contributed by atoms with E-state index < -0.39 is 0 Å². The maximum absolute atomic E-state index is 12.9. The molecular formula is C22H28Cl2N2O. The first-order chi connectivity index (χ1) is 12.8. The molecule has 0 aliphatic rings.